The lowest BCUT2D eigenvalue weighted by atomic mass is 10.1. The molecule has 0 saturated carbocycles. The molecule has 1 aliphatic heterocycles. The molecule has 3 atom stereocenters. The standard InChI is InChI=1S/C7H15NO/c1-3-6-4-7(9)5(2)8-6/h5-9H,3-4H2,1-2H3/t5-,6-,7-/m1/s1. The van der Waals surface area contributed by atoms with Crippen molar-refractivity contribution in [1.29, 1.82) is 0 Å². The molecule has 9 heavy (non-hydrogen) atoms. The number of hydrogen-bond donors (Lipinski definition) is 2. The highest BCUT2D eigenvalue weighted by atomic mass is 16.3. The molecule has 1 aliphatic rings. The van der Waals surface area contributed by atoms with Gasteiger partial charge in [0.25, 0.3) is 0 Å². The minimum atomic E-state index is -0.116. The van der Waals surface area contributed by atoms with Gasteiger partial charge in [-0.1, -0.05) is 6.92 Å². The molecule has 2 nitrogen and oxygen atoms in total. The summed E-state index contributed by atoms with van der Waals surface area (Å²) in [4.78, 5) is 0. The van der Waals surface area contributed by atoms with E-state index in [9.17, 15) is 5.11 Å². The Kier molecular flexibility index (Phi) is 2.09. The molecule has 1 rings (SSSR count). The third kappa shape index (κ3) is 1.43. The van der Waals surface area contributed by atoms with E-state index in [1.54, 1.807) is 0 Å². The van der Waals surface area contributed by atoms with Crippen molar-refractivity contribution in [2.45, 2.75) is 44.9 Å². The predicted octanol–water partition coefficient (Wildman–Crippen LogP) is 0.508. The average molecular weight is 129 g/mol. The van der Waals surface area contributed by atoms with Crippen LogP contribution in [0, 0.1) is 0 Å². The molecule has 0 spiro atoms. The first-order valence-corrected chi connectivity index (χ1v) is 3.68. The van der Waals surface area contributed by atoms with Gasteiger partial charge < -0.3 is 10.4 Å². The van der Waals surface area contributed by atoms with Gasteiger partial charge in [-0.15, -0.1) is 0 Å². The quantitative estimate of drug-likeness (QED) is 0.540. The molecule has 0 aliphatic carbocycles. The highest BCUT2D eigenvalue weighted by Crippen LogP contribution is 2.14. The maximum absolute atomic E-state index is 9.24. The molecule has 1 heterocycles. The fourth-order valence-corrected chi connectivity index (χ4v) is 1.33. The average Bonchev–Trinajstić information content (AvgIpc) is 2.13. The maximum atomic E-state index is 9.24. The van der Waals surface area contributed by atoms with E-state index in [1.807, 2.05) is 6.92 Å². The number of nitrogens with one attached hydrogen (secondary N) is 1. The van der Waals surface area contributed by atoms with Crippen LogP contribution in [0.2, 0.25) is 0 Å². The van der Waals surface area contributed by atoms with Crippen LogP contribution in [-0.2, 0) is 0 Å². The van der Waals surface area contributed by atoms with Crippen LogP contribution >= 0.6 is 0 Å². The lowest BCUT2D eigenvalue weighted by molar-refractivity contribution is 0.164. The molecule has 0 aromatic rings. The van der Waals surface area contributed by atoms with E-state index < -0.39 is 0 Å². The largest absolute Gasteiger partial charge is 0.391 e. The Morgan fingerprint density at radius 2 is 2.33 bits per heavy atom. The van der Waals surface area contributed by atoms with Crippen molar-refractivity contribution >= 4 is 0 Å². The summed E-state index contributed by atoms with van der Waals surface area (Å²) in [6.45, 7) is 4.17. The van der Waals surface area contributed by atoms with Crippen LogP contribution in [0.3, 0.4) is 0 Å². The smallest absolute Gasteiger partial charge is 0.0705 e. The summed E-state index contributed by atoms with van der Waals surface area (Å²) < 4.78 is 0. The number of hydrogen-bond acceptors (Lipinski definition) is 2. The predicted molar refractivity (Wildman–Crippen MR) is 37.3 cm³/mol. The first kappa shape index (κ1) is 7.03. The molecular formula is C7H15NO. The zero-order valence-corrected chi connectivity index (χ0v) is 6.09. The zero-order valence-electron chi connectivity index (χ0n) is 6.09. The summed E-state index contributed by atoms with van der Waals surface area (Å²) in [5.74, 6) is 0. The summed E-state index contributed by atoms with van der Waals surface area (Å²) in [6.07, 6.45) is 1.94. The van der Waals surface area contributed by atoms with E-state index in [-0.39, 0.29) is 6.10 Å². The Morgan fingerprint density at radius 1 is 1.67 bits per heavy atom. The number of aliphatic hydroxyl groups excluding tert-OH is 1. The van der Waals surface area contributed by atoms with Gasteiger partial charge in [0.05, 0.1) is 6.10 Å². The first-order valence-electron chi connectivity index (χ1n) is 3.68. The molecule has 0 amide bonds. The molecule has 0 radical (unpaired) electrons. The number of rotatable bonds is 1. The fraction of sp³-hybridized carbons (Fsp3) is 1.00. The summed E-state index contributed by atoms with van der Waals surface area (Å²) in [5.41, 5.74) is 0. The molecule has 1 fully saturated rings. The second-order valence-corrected chi connectivity index (χ2v) is 2.86. The number of aliphatic hydroxyl groups is 1. The van der Waals surface area contributed by atoms with Gasteiger partial charge in [-0.3, -0.25) is 0 Å². The summed E-state index contributed by atoms with van der Waals surface area (Å²) >= 11 is 0. The molecule has 0 unspecified atom stereocenters. The normalized spacial score (nSPS) is 43.7. The Balaban J connectivity index is 2.35. The second-order valence-electron chi connectivity index (χ2n) is 2.86. The second kappa shape index (κ2) is 2.67. The summed E-state index contributed by atoms with van der Waals surface area (Å²) in [5, 5.41) is 12.5. The van der Waals surface area contributed by atoms with Gasteiger partial charge >= 0.3 is 0 Å². The van der Waals surface area contributed by atoms with Crippen molar-refractivity contribution in [2.75, 3.05) is 0 Å². The molecule has 54 valence electrons. The lowest BCUT2D eigenvalue weighted by Gasteiger charge is -2.07. The van der Waals surface area contributed by atoms with Gasteiger partial charge in [-0.05, 0) is 19.8 Å². The molecule has 0 aromatic carbocycles. The Bertz CT molecular complexity index is 84.9. The van der Waals surface area contributed by atoms with Gasteiger partial charge in [-0.2, -0.15) is 0 Å². The fourth-order valence-electron chi connectivity index (χ4n) is 1.33. The SMILES string of the molecule is CC[C@@H]1C[C@@H](O)[C@@H](C)N1. The van der Waals surface area contributed by atoms with E-state index in [0.717, 1.165) is 12.8 Å². The molecular weight excluding hydrogens is 114 g/mol. The maximum Gasteiger partial charge on any atom is 0.0705 e. The monoisotopic (exact) mass is 129 g/mol. The van der Waals surface area contributed by atoms with Crippen molar-refractivity contribution in [1.82, 2.24) is 5.32 Å². The van der Waals surface area contributed by atoms with Crippen LogP contribution in [0.25, 0.3) is 0 Å². The molecule has 0 bridgehead atoms. The van der Waals surface area contributed by atoms with Gasteiger partial charge in [0, 0.05) is 12.1 Å². The summed E-state index contributed by atoms with van der Waals surface area (Å²) in [7, 11) is 0. The van der Waals surface area contributed by atoms with Crippen LogP contribution < -0.4 is 5.32 Å². The van der Waals surface area contributed by atoms with Crippen molar-refractivity contribution in [3.8, 4) is 0 Å². The van der Waals surface area contributed by atoms with Crippen LogP contribution in [0.1, 0.15) is 26.7 Å². The Labute approximate surface area is 56.3 Å². The lowest BCUT2D eigenvalue weighted by Crippen LogP contribution is -2.29. The van der Waals surface area contributed by atoms with E-state index in [0.29, 0.717) is 12.1 Å². The van der Waals surface area contributed by atoms with Gasteiger partial charge in [0.15, 0.2) is 0 Å². The van der Waals surface area contributed by atoms with Crippen LogP contribution in [0.15, 0.2) is 0 Å². The van der Waals surface area contributed by atoms with Crippen LogP contribution in [0.5, 0.6) is 0 Å². The minimum absolute atomic E-state index is 0.116. The van der Waals surface area contributed by atoms with Crippen molar-refractivity contribution in [3.63, 3.8) is 0 Å². The van der Waals surface area contributed by atoms with Gasteiger partial charge in [0.2, 0.25) is 0 Å². The minimum Gasteiger partial charge on any atom is -0.391 e. The molecule has 0 aromatic heterocycles. The van der Waals surface area contributed by atoms with E-state index in [2.05, 4.69) is 12.2 Å². The molecule has 2 heteroatoms. The van der Waals surface area contributed by atoms with Crippen molar-refractivity contribution in [3.05, 3.63) is 0 Å². The third-order valence-corrected chi connectivity index (χ3v) is 2.09. The summed E-state index contributed by atoms with van der Waals surface area (Å²) in [6, 6.07) is 0.852. The van der Waals surface area contributed by atoms with E-state index >= 15 is 0 Å². The van der Waals surface area contributed by atoms with Crippen LogP contribution in [-0.4, -0.2) is 23.3 Å². The van der Waals surface area contributed by atoms with E-state index in [1.165, 1.54) is 0 Å². The highest BCUT2D eigenvalue weighted by Gasteiger charge is 2.26. The topological polar surface area (TPSA) is 32.3 Å². The van der Waals surface area contributed by atoms with Crippen molar-refractivity contribution < 1.29 is 5.11 Å². The first-order chi connectivity index (χ1) is 4.24. The Morgan fingerprint density at radius 3 is 2.56 bits per heavy atom. The van der Waals surface area contributed by atoms with E-state index in [4.69, 9.17) is 0 Å². The Hall–Kier alpha value is -0.0800. The van der Waals surface area contributed by atoms with Gasteiger partial charge in [-0.25, -0.2) is 0 Å². The molecule has 1 saturated heterocycles. The highest BCUT2D eigenvalue weighted by molar-refractivity contribution is 4.86. The van der Waals surface area contributed by atoms with Crippen molar-refractivity contribution in [2.24, 2.45) is 0 Å². The van der Waals surface area contributed by atoms with Gasteiger partial charge in [0.1, 0.15) is 0 Å². The third-order valence-electron chi connectivity index (χ3n) is 2.09. The van der Waals surface area contributed by atoms with Crippen LogP contribution in [0.4, 0.5) is 0 Å². The zero-order chi connectivity index (χ0) is 6.85. The molecule has 2 N–H and O–H groups in total.